The molecule has 0 aromatic carbocycles. The van der Waals surface area contributed by atoms with Crippen LogP contribution in [0.4, 0.5) is 0 Å². The number of nitrogens with zero attached hydrogens (tertiary/aromatic N) is 3. The lowest BCUT2D eigenvalue weighted by Gasteiger charge is -2.03. The van der Waals surface area contributed by atoms with Crippen molar-refractivity contribution >= 4 is 15.9 Å². The summed E-state index contributed by atoms with van der Waals surface area (Å²) in [4.78, 5) is 4.12. The van der Waals surface area contributed by atoms with Gasteiger partial charge in [0.05, 0.1) is 5.69 Å². The van der Waals surface area contributed by atoms with Crippen LogP contribution in [0.15, 0.2) is 35.2 Å². The van der Waals surface area contributed by atoms with Crippen molar-refractivity contribution in [1.82, 2.24) is 20.1 Å². The maximum Gasteiger partial charge on any atom is 0.0637 e. The minimum Gasteiger partial charge on any atom is -0.312 e. The number of aromatic nitrogens is 3. The molecule has 0 atom stereocenters. The van der Waals surface area contributed by atoms with Gasteiger partial charge in [-0.25, -0.2) is 0 Å². The second-order valence-electron chi connectivity index (χ2n) is 3.92. The van der Waals surface area contributed by atoms with E-state index in [1.54, 1.807) is 6.20 Å². The number of aryl methyl sites for hydroxylation is 1. The number of hydrogen-bond donors (Lipinski definition) is 1. The fourth-order valence-electron chi connectivity index (χ4n) is 1.60. The quantitative estimate of drug-likeness (QED) is 0.857. The van der Waals surface area contributed by atoms with Gasteiger partial charge in [0.2, 0.25) is 0 Å². The van der Waals surface area contributed by atoms with Gasteiger partial charge >= 0.3 is 0 Å². The summed E-state index contributed by atoms with van der Waals surface area (Å²) in [6.07, 6.45) is 6.58. The summed E-state index contributed by atoms with van der Waals surface area (Å²) >= 11 is 3.41. The zero-order valence-electron chi connectivity index (χ0n) is 9.73. The number of rotatable bonds is 5. The molecule has 0 spiro atoms. The maximum absolute atomic E-state index is 4.33. The van der Waals surface area contributed by atoms with Crippen LogP contribution in [0.1, 0.15) is 11.3 Å². The Hall–Kier alpha value is -1.20. The van der Waals surface area contributed by atoms with Crippen molar-refractivity contribution in [3.63, 3.8) is 0 Å². The molecule has 2 aromatic rings. The van der Waals surface area contributed by atoms with Crippen molar-refractivity contribution in [1.29, 1.82) is 0 Å². The van der Waals surface area contributed by atoms with E-state index in [1.807, 2.05) is 30.2 Å². The molecule has 0 aliphatic carbocycles. The van der Waals surface area contributed by atoms with Crippen LogP contribution in [-0.2, 0) is 20.0 Å². The topological polar surface area (TPSA) is 42.7 Å². The molecule has 2 rings (SSSR count). The van der Waals surface area contributed by atoms with Crippen LogP contribution in [0.25, 0.3) is 0 Å². The fraction of sp³-hybridized carbons (Fsp3) is 0.333. The number of nitrogens with one attached hydrogen (secondary N) is 1. The van der Waals surface area contributed by atoms with Crippen LogP contribution >= 0.6 is 15.9 Å². The molecule has 1 N–H and O–H groups in total. The van der Waals surface area contributed by atoms with Crippen molar-refractivity contribution in [2.24, 2.45) is 7.05 Å². The van der Waals surface area contributed by atoms with Gasteiger partial charge in [-0.05, 0) is 33.6 Å². The molecule has 5 heteroatoms. The molecule has 0 fully saturated rings. The first-order valence-corrected chi connectivity index (χ1v) is 6.32. The highest BCUT2D eigenvalue weighted by Crippen LogP contribution is 2.09. The standard InChI is InChI=1S/C12H15BrN4/c1-17-5-3-12(16-17)2-4-14-7-10-6-11(13)9-15-8-10/h3,5-6,8-9,14H,2,4,7H2,1H3. The van der Waals surface area contributed by atoms with E-state index in [9.17, 15) is 0 Å². The highest BCUT2D eigenvalue weighted by atomic mass is 79.9. The molecule has 90 valence electrons. The fourth-order valence-corrected chi connectivity index (χ4v) is 2.01. The first kappa shape index (κ1) is 12.3. The Morgan fingerprint density at radius 1 is 1.41 bits per heavy atom. The van der Waals surface area contributed by atoms with Crippen LogP contribution < -0.4 is 5.32 Å². The van der Waals surface area contributed by atoms with Crippen molar-refractivity contribution in [3.8, 4) is 0 Å². The summed E-state index contributed by atoms with van der Waals surface area (Å²) < 4.78 is 2.84. The van der Waals surface area contributed by atoms with Crippen LogP contribution in [0.5, 0.6) is 0 Å². The highest BCUT2D eigenvalue weighted by molar-refractivity contribution is 9.10. The van der Waals surface area contributed by atoms with E-state index < -0.39 is 0 Å². The van der Waals surface area contributed by atoms with Gasteiger partial charge in [-0.1, -0.05) is 0 Å². The van der Waals surface area contributed by atoms with E-state index in [2.05, 4.69) is 37.4 Å². The molecule has 0 unspecified atom stereocenters. The normalized spacial score (nSPS) is 10.7. The Morgan fingerprint density at radius 3 is 3.00 bits per heavy atom. The molecule has 2 aromatic heterocycles. The molecule has 2 heterocycles. The zero-order chi connectivity index (χ0) is 12.1. The number of pyridine rings is 1. The molecule has 17 heavy (non-hydrogen) atoms. The molecule has 0 saturated heterocycles. The highest BCUT2D eigenvalue weighted by Gasteiger charge is 1.97. The first-order valence-electron chi connectivity index (χ1n) is 5.53. The molecule has 0 aliphatic rings. The van der Waals surface area contributed by atoms with Gasteiger partial charge in [-0.3, -0.25) is 9.67 Å². The summed E-state index contributed by atoms with van der Waals surface area (Å²) in [6.45, 7) is 1.75. The Kier molecular flexibility index (Phi) is 4.28. The van der Waals surface area contributed by atoms with Gasteiger partial charge in [0.25, 0.3) is 0 Å². The molecular formula is C12H15BrN4. The summed E-state index contributed by atoms with van der Waals surface area (Å²) in [6, 6.07) is 4.11. The van der Waals surface area contributed by atoms with Gasteiger partial charge < -0.3 is 5.32 Å². The van der Waals surface area contributed by atoms with Crippen LogP contribution in [-0.4, -0.2) is 21.3 Å². The summed E-state index contributed by atoms with van der Waals surface area (Å²) in [5, 5.41) is 7.70. The number of halogens is 1. The monoisotopic (exact) mass is 294 g/mol. The third-order valence-electron chi connectivity index (χ3n) is 2.42. The number of hydrogen-bond acceptors (Lipinski definition) is 3. The van der Waals surface area contributed by atoms with Crippen LogP contribution in [0, 0.1) is 0 Å². The minimum atomic E-state index is 0.833. The maximum atomic E-state index is 4.33. The van der Waals surface area contributed by atoms with E-state index >= 15 is 0 Å². The van der Waals surface area contributed by atoms with Gasteiger partial charge in [0.1, 0.15) is 0 Å². The summed E-state index contributed by atoms with van der Waals surface area (Å²) in [5.74, 6) is 0. The van der Waals surface area contributed by atoms with Crippen LogP contribution in [0.2, 0.25) is 0 Å². The lowest BCUT2D eigenvalue weighted by atomic mass is 10.2. The van der Waals surface area contributed by atoms with E-state index in [-0.39, 0.29) is 0 Å². The molecular weight excluding hydrogens is 280 g/mol. The van der Waals surface area contributed by atoms with Gasteiger partial charge in [0.15, 0.2) is 0 Å². The summed E-state index contributed by atoms with van der Waals surface area (Å²) in [5.41, 5.74) is 2.30. The largest absolute Gasteiger partial charge is 0.312 e. The molecule has 0 amide bonds. The Labute approximate surface area is 109 Å². The molecule has 0 radical (unpaired) electrons. The van der Waals surface area contributed by atoms with Crippen molar-refractivity contribution in [2.45, 2.75) is 13.0 Å². The van der Waals surface area contributed by atoms with E-state index in [1.165, 1.54) is 5.56 Å². The van der Waals surface area contributed by atoms with Crippen molar-refractivity contribution in [3.05, 3.63) is 46.5 Å². The molecule has 0 bridgehead atoms. The third kappa shape index (κ3) is 3.94. The molecule has 0 saturated carbocycles. The van der Waals surface area contributed by atoms with Gasteiger partial charge in [-0.15, -0.1) is 0 Å². The third-order valence-corrected chi connectivity index (χ3v) is 2.85. The van der Waals surface area contributed by atoms with E-state index in [4.69, 9.17) is 0 Å². The predicted molar refractivity (Wildman–Crippen MR) is 70.6 cm³/mol. The average Bonchev–Trinajstić information content (AvgIpc) is 2.71. The van der Waals surface area contributed by atoms with Crippen molar-refractivity contribution in [2.75, 3.05) is 6.54 Å². The Bertz CT molecular complexity index is 481. The first-order chi connectivity index (χ1) is 8.24. The lowest BCUT2D eigenvalue weighted by Crippen LogP contribution is -2.17. The van der Waals surface area contributed by atoms with E-state index in [0.717, 1.165) is 29.7 Å². The van der Waals surface area contributed by atoms with Gasteiger partial charge in [-0.2, -0.15) is 5.10 Å². The van der Waals surface area contributed by atoms with Crippen molar-refractivity contribution < 1.29 is 0 Å². The zero-order valence-corrected chi connectivity index (χ0v) is 11.3. The lowest BCUT2D eigenvalue weighted by molar-refractivity contribution is 0.664. The molecule has 4 nitrogen and oxygen atoms in total. The Morgan fingerprint density at radius 2 is 2.29 bits per heavy atom. The second kappa shape index (κ2) is 5.93. The summed E-state index contributed by atoms with van der Waals surface area (Å²) in [7, 11) is 1.93. The molecule has 0 aliphatic heterocycles. The Balaban J connectivity index is 1.73. The van der Waals surface area contributed by atoms with E-state index in [0.29, 0.717) is 0 Å². The van der Waals surface area contributed by atoms with Gasteiger partial charge in [0, 0.05) is 49.6 Å². The SMILES string of the molecule is Cn1ccc(CCNCc2cncc(Br)c2)n1. The minimum absolute atomic E-state index is 0.833. The second-order valence-corrected chi connectivity index (χ2v) is 4.83. The smallest absolute Gasteiger partial charge is 0.0637 e. The predicted octanol–water partition coefficient (Wildman–Crippen LogP) is 1.91. The average molecular weight is 295 g/mol. The van der Waals surface area contributed by atoms with Crippen LogP contribution in [0.3, 0.4) is 0 Å².